The van der Waals surface area contributed by atoms with Crippen LogP contribution < -0.4 is 5.73 Å². The highest BCUT2D eigenvalue weighted by atomic mass is 32.2. The van der Waals surface area contributed by atoms with E-state index in [1.54, 1.807) is 41.5 Å². The lowest BCUT2D eigenvalue weighted by atomic mass is 10.1. The summed E-state index contributed by atoms with van der Waals surface area (Å²) in [7, 11) is -8.25. The molecule has 0 aliphatic heterocycles. The Morgan fingerprint density at radius 1 is 0.545 bits per heavy atom. The van der Waals surface area contributed by atoms with Crippen molar-refractivity contribution in [3.8, 4) is 0 Å². The number of carboxylic acid groups (broad SMARTS) is 1. The summed E-state index contributed by atoms with van der Waals surface area (Å²) < 4.78 is 59.5. The van der Waals surface area contributed by atoms with Gasteiger partial charge in [-0.3, -0.25) is 32.5 Å². The third-order valence-corrected chi connectivity index (χ3v) is 11.4. The van der Waals surface area contributed by atoms with E-state index >= 15 is 0 Å². The van der Waals surface area contributed by atoms with Gasteiger partial charge in [0.2, 0.25) is 0 Å². The second-order valence-electron chi connectivity index (χ2n) is 14.1. The Balaban J connectivity index is 4.15. The number of Topliss-reactive ketones (excluding diaryl/α,β-unsaturated/α-hetero) is 2. The summed E-state index contributed by atoms with van der Waals surface area (Å²) in [6.45, 7) is 11.4. The molecule has 0 bridgehead atoms. The van der Waals surface area contributed by atoms with E-state index in [1.165, 1.54) is 0 Å². The first-order chi connectivity index (χ1) is 25.5. The molecule has 0 radical (unpaired) electrons. The Bertz CT molecular complexity index is 1290. The number of phosphoric acid groups is 2. The van der Waals surface area contributed by atoms with Gasteiger partial charge in [0.15, 0.2) is 0 Å². The van der Waals surface area contributed by atoms with Crippen LogP contribution in [0.2, 0.25) is 0 Å². The molecule has 55 heavy (non-hydrogen) atoms. The van der Waals surface area contributed by atoms with Gasteiger partial charge in [0.1, 0.15) is 16.5 Å². The van der Waals surface area contributed by atoms with Gasteiger partial charge in [0.05, 0.1) is 62.4 Å². The predicted octanol–water partition coefficient (Wildman–Crippen LogP) is 6.19. The molecule has 0 heterocycles. The van der Waals surface area contributed by atoms with E-state index in [4.69, 9.17) is 38.0 Å². The minimum Gasteiger partial charge on any atom is -0.477 e. The number of aliphatic carboxylic acids is 1. The lowest BCUT2D eigenvalue weighted by Gasteiger charge is -2.22. The van der Waals surface area contributed by atoms with Crippen molar-refractivity contribution in [1.29, 1.82) is 0 Å². The minimum atomic E-state index is -4.15. The van der Waals surface area contributed by atoms with Crippen LogP contribution in [0.25, 0.3) is 0 Å². The smallest absolute Gasteiger partial charge is 0.472 e. The van der Waals surface area contributed by atoms with E-state index in [-0.39, 0.29) is 85.2 Å². The van der Waals surface area contributed by atoms with Crippen LogP contribution in [-0.4, -0.2) is 114 Å². The maximum atomic E-state index is 12.3. The van der Waals surface area contributed by atoms with Gasteiger partial charge in [-0.1, -0.05) is 19.3 Å². The molecule has 0 aromatic rings. The number of nitrogens with two attached hydrogens (primary N) is 1. The van der Waals surface area contributed by atoms with Gasteiger partial charge >= 0.3 is 21.6 Å². The normalized spacial score (nSPS) is 14.9. The fourth-order valence-corrected chi connectivity index (χ4v) is 8.55. The Morgan fingerprint density at radius 3 is 1.42 bits per heavy atom. The van der Waals surface area contributed by atoms with E-state index in [0.717, 1.165) is 42.8 Å². The summed E-state index contributed by atoms with van der Waals surface area (Å²) in [6.07, 6.45) is 4.83. The Labute approximate surface area is 334 Å². The van der Waals surface area contributed by atoms with Crippen LogP contribution >= 0.6 is 39.2 Å². The largest absolute Gasteiger partial charge is 0.477 e. The number of carbonyl (C=O) groups is 4. The Hall–Kier alpha value is -1.18. The third-order valence-electron chi connectivity index (χ3n) is 6.48. The maximum Gasteiger partial charge on any atom is 0.472 e. The summed E-state index contributed by atoms with van der Waals surface area (Å²) in [5.74, 6) is -2.05. The predicted molar refractivity (Wildman–Crippen MR) is 211 cm³/mol. The van der Waals surface area contributed by atoms with Gasteiger partial charge < -0.3 is 34.8 Å². The average molecular weight is 868 g/mol. The third kappa shape index (κ3) is 33.5. The number of rotatable bonds is 35. The first-order valence-corrected chi connectivity index (χ1v) is 23.2. The summed E-state index contributed by atoms with van der Waals surface area (Å²) in [5.41, 5.74) is 3.84. The summed E-state index contributed by atoms with van der Waals surface area (Å²) in [5, 5.41) is 9.70. The highest BCUT2D eigenvalue weighted by Crippen LogP contribution is 2.47. The van der Waals surface area contributed by atoms with Crippen molar-refractivity contribution in [2.45, 2.75) is 117 Å². The van der Waals surface area contributed by atoms with Crippen LogP contribution in [0.1, 0.15) is 106 Å². The molecule has 0 aliphatic carbocycles. The Kier molecular flexibility index (Phi) is 28.5. The summed E-state index contributed by atoms with van der Waals surface area (Å²) in [6, 6.07) is 0. The number of hydrogen-bond donors (Lipinski definition) is 4. The van der Waals surface area contributed by atoms with E-state index in [1.807, 2.05) is 0 Å². The maximum absolute atomic E-state index is 12.3. The zero-order valence-electron chi connectivity index (χ0n) is 33.1. The van der Waals surface area contributed by atoms with E-state index in [2.05, 4.69) is 0 Å². The zero-order valence-corrected chi connectivity index (χ0v) is 36.5. The molecule has 0 rings (SSSR count). The molecule has 1 amide bonds. The number of ketones is 2. The molecule has 0 aromatic carbocycles. The fourth-order valence-electron chi connectivity index (χ4n) is 4.26. The van der Waals surface area contributed by atoms with E-state index < -0.39 is 38.7 Å². The monoisotopic (exact) mass is 867 g/mol. The molecular weight excluding hydrogens is 804 g/mol. The van der Waals surface area contributed by atoms with E-state index in [9.17, 15) is 43.2 Å². The van der Waals surface area contributed by atoms with Crippen LogP contribution in [0.4, 0.5) is 0 Å². The van der Waals surface area contributed by atoms with Crippen molar-refractivity contribution in [1.82, 2.24) is 0 Å². The number of carbonyl (C=O) groups excluding carboxylic acids is 3. The van der Waals surface area contributed by atoms with Crippen LogP contribution in [0, 0.1) is 0 Å². The number of thioether (sulfide) groups is 2. The van der Waals surface area contributed by atoms with Gasteiger partial charge in [-0.2, -0.15) is 0 Å². The second kappa shape index (κ2) is 29.1. The molecular formula is C34H63NO16P2S2. The lowest BCUT2D eigenvalue weighted by molar-refractivity contribution is -0.132. The SMILES string of the molecule is CC(C)(C)OP(=O)(O)OCCCCCCCC(=O)CCS/C(C(=O)O)=C(\SCCC(=O)CCCOCCOCCOCCOP(=O)(O)OC(C)(C)C)C(N)=O. The van der Waals surface area contributed by atoms with Crippen molar-refractivity contribution < 1.29 is 75.5 Å². The molecule has 322 valence electrons. The molecule has 0 saturated heterocycles. The van der Waals surface area contributed by atoms with Gasteiger partial charge in [0, 0.05) is 43.8 Å². The van der Waals surface area contributed by atoms with Crippen molar-refractivity contribution in [3.05, 3.63) is 9.81 Å². The lowest BCUT2D eigenvalue weighted by Crippen LogP contribution is -2.19. The fraction of sp³-hybridized carbons (Fsp3) is 0.824. The summed E-state index contributed by atoms with van der Waals surface area (Å²) >= 11 is 1.77. The number of primary amides is 1. The molecule has 0 spiro atoms. The first kappa shape index (κ1) is 53.8. The molecule has 0 aromatic heterocycles. The van der Waals surface area contributed by atoms with Crippen LogP contribution in [0.15, 0.2) is 9.81 Å². The van der Waals surface area contributed by atoms with Crippen molar-refractivity contribution in [3.63, 3.8) is 0 Å². The second-order valence-corrected chi connectivity index (χ2v) is 19.0. The number of unbranched alkanes of at least 4 members (excludes halogenated alkanes) is 4. The van der Waals surface area contributed by atoms with Crippen molar-refractivity contribution in [2.24, 2.45) is 5.73 Å². The van der Waals surface area contributed by atoms with Crippen LogP contribution in [-0.2, 0) is 60.6 Å². The van der Waals surface area contributed by atoms with Crippen LogP contribution in [0.5, 0.6) is 0 Å². The highest BCUT2D eigenvalue weighted by Gasteiger charge is 2.29. The quantitative estimate of drug-likeness (QED) is 0.0315. The summed E-state index contributed by atoms with van der Waals surface area (Å²) in [4.78, 5) is 67.5. The first-order valence-electron chi connectivity index (χ1n) is 18.2. The topological polar surface area (TPSA) is 254 Å². The van der Waals surface area contributed by atoms with Crippen LogP contribution in [0.3, 0.4) is 0 Å². The zero-order chi connectivity index (χ0) is 42.0. The average Bonchev–Trinajstić information content (AvgIpc) is 3.02. The number of ether oxygens (including phenoxy) is 3. The molecule has 21 heteroatoms. The molecule has 5 N–H and O–H groups in total. The minimum absolute atomic E-state index is 0.0358. The van der Waals surface area contributed by atoms with Gasteiger partial charge in [-0.15, -0.1) is 23.5 Å². The van der Waals surface area contributed by atoms with Crippen molar-refractivity contribution >= 4 is 62.6 Å². The number of hydrogen-bond acceptors (Lipinski definition) is 15. The number of amides is 1. The molecule has 2 unspecified atom stereocenters. The Morgan fingerprint density at radius 2 is 0.945 bits per heavy atom. The van der Waals surface area contributed by atoms with E-state index in [0.29, 0.717) is 45.5 Å². The van der Waals surface area contributed by atoms with Gasteiger partial charge in [0.25, 0.3) is 5.91 Å². The van der Waals surface area contributed by atoms with Gasteiger partial charge in [-0.25, -0.2) is 13.9 Å². The van der Waals surface area contributed by atoms with Gasteiger partial charge in [-0.05, 0) is 60.8 Å². The molecule has 0 aliphatic rings. The van der Waals surface area contributed by atoms with Crippen molar-refractivity contribution in [2.75, 3.05) is 64.4 Å². The standard InChI is InChI=1S/C34H63NO16P2S2/c1-33(2,3)50-52(41,42)48-18-11-9-7-8-10-13-27(36)16-26-55-30(32(39)40)29(31(35)38)54-25-15-28(37)14-12-17-45-19-20-46-21-22-47-23-24-49-53(43,44)51-34(4,5)6/h7-26H2,1-6H3,(H2,35,38)(H,39,40)(H,41,42)(H,43,44)/b30-29-. The molecule has 0 fully saturated rings. The number of phosphoric ester groups is 2. The molecule has 2 atom stereocenters. The molecule has 0 saturated carbocycles. The highest BCUT2D eigenvalue weighted by molar-refractivity contribution is 8.07. The number of carboxylic acids is 1. The molecule has 17 nitrogen and oxygen atoms in total.